The van der Waals surface area contributed by atoms with Gasteiger partial charge in [-0.05, 0) is 105 Å². The summed E-state index contributed by atoms with van der Waals surface area (Å²) in [5, 5.41) is 40.9. The zero-order chi connectivity index (χ0) is 58.1. The minimum absolute atomic E-state index is 0.0414. The van der Waals surface area contributed by atoms with E-state index in [4.69, 9.17) is 23.1 Å². The van der Waals surface area contributed by atoms with E-state index >= 15 is 9.59 Å². The maximum Gasteiger partial charge on any atom is 0.326 e. The number of hydrogen-bond donors (Lipinski definition) is 12. The number of aromatic nitrogens is 1. The van der Waals surface area contributed by atoms with Crippen molar-refractivity contribution in [1.29, 1.82) is 0 Å². The fraction of sp³-hybridized carbons (Fsp3) is 0.404. The lowest BCUT2D eigenvalue weighted by Gasteiger charge is -2.35. The fourth-order valence-corrected chi connectivity index (χ4v) is 11.9. The number of benzene rings is 4. The lowest BCUT2D eigenvalue weighted by atomic mass is 9.98. The first-order valence-corrected chi connectivity index (χ1v) is 29.0. The van der Waals surface area contributed by atoms with Crippen LogP contribution in [0.25, 0.3) is 10.9 Å². The van der Waals surface area contributed by atoms with E-state index < -0.39 is 106 Å². The summed E-state index contributed by atoms with van der Waals surface area (Å²) >= 11 is 6.12. The highest BCUT2D eigenvalue weighted by molar-refractivity contribution is 8.77. The van der Waals surface area contributed by atoms with Crippen molar-refractivity contribution in [3.8, 4) is 5.75 Å². The minimum atomic E-state index is -1.47. The molecule has 6 rings (SSSR count). The van der Waals surface area contributed by atoms with Gasteiger partial charge in [-0.2, -0.15) is 0 Å². The fourth-order valence-electron chi connectivity index (χ4n) is 9.00. The van der Waals surface area contributed by atoms with Gasteiger partial charge in [0.2, 0.25) is 41.4 Å². The standard InChI is InChI=1S/C57H71ClN10O10S2/c1-32(2)47(56(77)78)67-54(75)46-31-79-80-57(3,4)48(68-49(70)40(60)26-34-17-21-37(58)22-18-34)55(76)65-44(27-33-12-6-5-7-13-33)51(72)64-45(29-36-30-61-41-15-9-8-14-39(36)41)53(74)62-42(16-10-11-25-59)50(71)63-43(52(73)66-46)28-35-19-23-38(69)24-20-35/h5-9,12-15,17-24,30,32,40,42-48,61,69H,10-11,16,25-29,31,59-60H2,1-4H3,(H,62,74)(H,63,71)(H,64,72)(H,65,76)(H,66,73)(H,67,75)(H,68,70)(H,77,78)/t40-,42-,43-,44-,45-,46-,47-,48-/m0/s1. The number of carboxylic acids is 1. The Morgan fingerprint density at radius 2 is 1.26 bits per heavy atom. The van der Waals surface area contributed by atoms with Crippen molar-refractivity contribution in [3.63, 3.8) is 0 Å². The molecule has 1 aliphatic heterocycles. The third kappa shape index (κ3) is 18.0. The van der Waals surface area contributed by atoms with Crippen molar-refractivity contribution < 1.29 is 48.6 Å². The van der Waals surface area contributed by atoms with Crippen LogP contribution in [0.4, 0.5) is 0 Å². The molecule has 5 aromatic rings. The number of carbonyl (C=O) groups is 8. The molecule has 23 heteroatoms. The number of carboxylic acid groups (broad SMARTS) is 1. The molecule has 0 unspecified atom stereocenters. The van der Waals surface area contributed by atoms with Gasteiger partial charge in [0.15, 0.2) is 0 Å². The second-order valence-corrected chi connectivity index (χ2v) is 24.1. The molecule has 0 saturated carbocycles. The van der Waals surface area contributed by atoms with Gasteiger partial charge >= 0.3 is 5.97 Å². The average Bonchev–Trinajstić information content (AvgIpc) is 3.84. The number of rotatable bonds is 18. The highest BCUT2D eigenvalue weighted by Gasteiger charge is 2.42. The zero-order valence-corrected chi connectivity index (χ0v) is 47.4. The third-order valence-corrected chi connectivity index (χ3v) is 17.1. The molecule has 1 saturated heterocycles. The van der Waals surface area contributed by atoms with Crippen LogP contribution < -0.4 is 48.7 Å². The van der Waals surface area contributed by atoms with Crippen LogP contribution in [0.5, 0.6) is 5.75 Å². The number of carbonyl (C=O) groups excluding carboxylic acids is 7. The summed E-state index contributed by atoms with van der Waals surface area (Å²) in [6.45, 7) is 6.77. The summed E-state index contributed by atoms with van der Waals surface area (Å²) in [6, 6.07) is 17.9. The first kappa shape index (κ1) is 62.1. The van der Waals surface area contributed by atoms with Crippen LogP contribution in [-0.4, -0.2) is 128 Å². The third-order valence-electron chi connectivity index (χ3n) is 13.6. The van der Waals surface area contributed by atoms with Gasteiger partial charge in [-0.3, -0.25) is 33.6 Å². The SMILES string of the molecule is CC(C)[C@H](NC(=O)[C@@H]1CSSC(C)(C)[C@@H](NC(=O)[C@@H](N)Cc2ccc(Cl)cc2)C(=O)N[C@@H](Cc2ccccc2)C(=O)N[C@@H](Cc2c[nH]c3ccccc23)C(=O)N[C@@H](CCCCN)C(=O)N[C@@H](Cc2ccc(O)cc2)C(=O)N1)C(=O)O. The van der Waals surface area contributed by atoms with Crippen molar-refractivity contribution in [1.82, 2.24) is 42.2 Å². The number of hydrogen-bond acceptors (Lipinski definition) is 13. The summed E-state index contributed by atoms with van der Waals surface area (Å²) in [4.78, 5) is 119. The Kier molecular flexibility index (Phi) is 22.8. The first-order valence-electron chi connectivity index (χ1n) is 26.3. The monoisotopic (exact) mass is 1150 g/mol. The molecule has 0 radical (unpaired) electrons. The summed E-state index contributed by atoms with van der Waals surface area (Å²) in [5.74, 6) is -7.81. The quantitative estimate of drug-likeness (QED) is 0.0441. The Morgan fingerprint density at radius 3 is 1.89 bits per heavy atom. The number of H-pyrrole nitrogens is 1. The topological polar surface area (TPSA) is 329 Å². The molecule has 0 aliphatic carbocycles. The molecule has 80 heavy (non-hydrogen) atoms. The van der Waals surface area contributed by atoms with Crippen LogP contribution in [0.3, 0.4) is 0 Å². The summed E-state index contributed by atoms with van der Waals surface area (Å²) in [5.41, 5.74) is 15.6. The second-order valence-electron chi connectivity index (χ2n) is 20.6. The van der Waals surface area contributed by atoms with Gasteiger partial charge in [-0.1, -0.05) is 120 Å². The molecule has 14 N–H and O–H groups in total. The average molecular weight is 1160 g/mol. The molecule has 4 aromatic carbocycles. The first-order chi connectivity index (χ1) is 38.1. The smallest absolute Gasteiger partial charge is 0.326 e. The number of phenolic OH excluding ortho intramolecular Hbond substituents is 1. The van der Waals surface area contributed by atoms with E-state index in [1.54, 1.807) is 101 Å². The van der Waals surface area contributed by atoms with Gasteiger partial charge in [0.25, 0.3) is 0 Å². The Balaban J connectivity index is 1.46. The maximum atomic E-state index is 15.1. The summed E-state index contributed by atoms with van der Waals surface area (Å²) < 4.78 is -1.32. The lowest BCUT2D eigenvalue weighted by molar-refractivity contribution is -0.143. The Morgan fingerprint density at radius 1 is 0.713 bits per heavy atom. The number of para-hydroxylation sites is 1. The highest BCUT2D eigenvalue weighted by atomic mass is 35.5. The number of aromatic amines is 1. The Labute approximate surface area is 477 Å². The van der Waals surface area contributed by atoms with E-state index in [2.05, 4.69) is 42.2 Å². The molecular formula is C57H71ClN10O10S2. The molecule has 428 valence electrons. The van der Waals surface area contributed by atoms with Gasteiger partial charge < -0.3 is 63.9 Å². The number of fused-ring (bicyclic) bond motifs is 1. The van der Waals surface area contributed by atoms with Gasteiger partial charge in [-0.15, -0.1) is 0 Å². The number of amides is 7. The molecule has 7 amide bonds. The Hall–Kier alpha value is -7.11. The molecular weight excluding hydrogens is 1080 g/mol. The van der Waals surface area contributed by atoms with E-state index in [1.807, 2.05) is 24.3 Å². The largest absolute Gasteiger partial charge is 0.508 e. The number of halogens is 1. The molecule has 0 spiro atoms. The van der Waals surface area contributed by atoms with Gasteiger partial charge in [0.1, 0.15) is 48.0 Å². The summed E-state index contributed by atoms with van der Waals surface area (Å²) in [6.07, 6.45) is 2.29. The number of phenols is 1. The van der Waals surface area contributed by atoms with Crippen LogP contribution in [-0.2, 0) is 64.0 Å². The lowest BCUT2D eigenvalue weighted by Crippen LogP contribution is -2.63. The number of nitrogens with two attached hydrogens (primary N) is 2. The van der Waals surface area contributed by atoms with Crippen LogP contribution in [0.1, 0.15) is 69.2 Å². The van der Waals surface area contributed by atoms with E-state index in [0.717, 1.165) is 32.5 Å². The number of nitrogens with one attached hydrogen (secondary N) is 8. The molecule has 0 bridgehead atoms. The molecule has 8 atom stereocenters. The van der Waals surface area contributed by atoms with Gasteiger partial charge in [0.05, 0.1) is 6.04 Å². The van der Waals surface area contributed by atoms with Crippen LogP contribution >= 0.6 is 33.2 Å². The van der Waals surface area contributed by atoms with Crippen molar-refractivity contribution >= 4 is 91.4 Å². The second kappa shape index (κ2) is 29.4. The predicted molar refractivity (Wildman–Crippen MR) is 310 cm³/mol. The highest BCUT2D eigenvalue weighted by Crippen LogP contribution is 2.39. The molecule has 1 aliphatic rings. The summed E-state index contributed by atoms with van der Waals surface area (Å²) in [7, 11) is 2.08. The Bertz CT molecular complexity index is 2950. The van der Waals surface area contributed by atoms with E-state index in [0.29, 0.717) is 40.1 Å². The van der Waals surface area contributed by atoms with E-state index in [1.165, 1.54) is 12.1 Å². The van der Waals surface area contributed by atoms with Gasteiger partial charge in [0, 0.05) is 51.9 Å². The van der Waals surface area contributed by atoms with Gasteiger partial charge in [-0.25, -0.2) is 4.79 Å². The van der Waals surface area contributed by atoms with Crippen molar-refractivity contribution in [3.05, 3.63) is 137 Å². The predicted octanol–water partition coefficient (Wildman–Crippen LogP) is 3.56. The molecule has 2 heterocycles. The molecule has 1 fully saturated rings. The van der Waals surface area contributed by atoms with Crippen molar-refractivity contribution in [2.45, 2.75) is 126 Å². The number of unbranched alkanes of at least 4 members (excludes halogenated alkanes) is 1. The maximum absolute atomic E-state index is 15.1. The van der Waals surface area contributed by atoms with Crippen molar-refractivity contribution in [2.75, 3.05) is 12.3 Å². The van der Waals surface area contributed by atoms with E-state index in [-0.39, 0.29) is 50.2 Å². The minimum Gasteiger partial charge on any atom is -0.508 e. The van der Waals surface area contributed by atoms with Crippen LogP contribution in [0, 0.1) is 5.92 Å². The molecule has 1 aromatic heterocycles. The van der Waals surface area contributed by atoms with Crippen molar-refractivity contribution in [2.24, 2.45) is 17.4 Å². The van der Waals surface area contributed by atoms with Crippen LogP contribution in [0.15, 0.2) is 109 Å². The number of aromatic hydroxyl groups is 1. The zero-order valence-electron chi connectivity index (χ0n) is 45.0. The normalized spacial score (nSPS) is 21.4. The van der Waals surface area contributed by atoms with E-state index in [9.17, 15) is 39.0 Å². The molecule has 20 nitrogen and oxygen atoms in total. The van der Waals surface area contributed by atoms with Crippen LogP contribution in [0.2, 0.25) is 5.02 Å². The number of aliphatic carboxylic acids is 1.